The molecule has 0 amide bonds. The number of Topliss-reactive ketones (excluding diaryl/α,β-unsaturated/α-hetero) is 1. The number of methoxy groups -OCH3 is 2. The second-order valence-corrected chi connectivity index (χ2v) is 14.1. The minimum atomic E-state index is -0.978. The second kappa shape index (κ2) is 16.7. The van der Waals surface area contributed by atoms with Crippen LogP contribution >= 0.6 is 0 Å². The molecule has 15 nitrogen and oxygen atoms in total. The molecule has 276 valence electrons. The summed E-state index contributed by atoms with van der Waals surface area (Å²) in [5.74, 6) is 3.46. The minimum absolute atomic E-state index is 0.0390. The van der Waals surface area contributed by atoms with Crippen molar-refractivity contribution in [3.63, 3.8) is 0 Å². The molecule has 0 radical (unpaired) electrons. The van der Waals surface area contributed by atoms with E-state index < -0.39 is 40.6 Å². The normalized spacial score (nSPS) is 17.6. The average molecular weight is 717 g/mol. The van der Waals surface area contributed by atoms with Crippen molar-refractivity contribution in [1.29, 1.82) is 0 Å². The molecule has 2 saturated heterocycles. The van der Waals surface area contributed by atoms with Gasteiger partial charge in [-0.05, 0) is 65.8 Å². The maximum absolute atomic E-state index is 14.0. The number of ketones is 1. The fourth-order valence-electron chi connectivity index (χ4n) is 5.81. The van der Waals surface area contributed by atoms with Gasteiger partial charge in [-0.2, -0.15) is 9.58 Å². The predicted molar refractivity (Wildman–Crippen MR) is 187 cm³/mol. The Labute approximate surface area is 302 Å². The first-order valence-electron chi connectivity index (χ1n) is 16.7. The Bertz CT molecular complexity index is 1740. The lowest BCUT2D eigenvalue weighted by Gasteiger charge is -2.37. The number of hydrogen-bond donors (Lipinski definition) is 0. The van der Waals surface area contributed by atoms with Crippen molar-refractivity contribution in [2.24, 2.45) is 0 Å². The molecule has 0 spiro atoms. The summed E-state index contributed by atoms with van der Waals surface area (Å²) in [7, 11) is 2.72. The largest absolute Gasteiger partial charge is 0.492 e. The molecule has 2 atom stereocenters. The molecular formula is C37H44N6O9. The highest BCUT2D eigenvalue weighted by molar-refractivity contribution is 6.70. The topological polar surface area (TPSA) is 186 Å². The highest BCUT2D eigenvalue weighted by Crippen LogP contribution is 2.37. The van der Waals surface area contributed by atoms with Gasteiger partial charge in [0.2, 0.25) is 0 Å². The molecule has 2 aromatic carbocycles. The Kier molecular flexibility index (Phi) is 12.6. The number of hydroxylamine groups is 4. The van der Waals surface area contributed by atoms with E-state index in [4.69, 9.17) is 28.6 Å². The third-order valence-corrected chi connectivity index (χ3v) is 7.85. The summed E-state index contributed by atoms with van der Waals surface area (Å²) in [6, 6.07) is 9.33. The van der Waals surface area contributed by atoms with Crippen molar-refractivity contribution >= 4 is 29.1 Å². The number of ether oxygens (including phenoxy) is 4. The zero-order chi connectivity index (χ0) is 38.2. The maximum Gasteiger partial charge on any atom is 0.381 e. The number of piperidine rings is 2. The molecule has 2 aromatic rings. The molecule has 0 saturated carbocycles. The first-order chi connectivity index (χ1) is 24.7. The van der Waals surface area contributed by atoms with E-state index in [1.165, 1.54) is 36.5 Å². The van der Waals surface area contributed by atoms with Crippen LogP contribution in [-0.4, -0.2) is 99.5 Å². The van der Waals surface area contributed by atoms with Crippen molar-refractivity contribution in [3.05, 3.63) is 70.0 Å². The summed E-state index contributed by atoms with van der Waals surface area (Å²) in [6.45, 7) is 12.0. The number of carbonyl (C=O) groups excluding carboxylic acids is 3. The van der Waals surface area contributed by atoms with Crippen LogP contribution in [0.15, 0.2) is 47.8 Å². The van der Waals surface area contributed by atoms with Crippen LogP contribution in [0.3, 0.4) is 0 Å². The number of benzene rings is 2. The molecule has 0 N–H and O–H groups in total. The molecule has 2 unspecified atom stereocenters. The van der Waals surface area contributed by atoms with Crippen molar-refractivity contribution in [2.75, 3.05) is 27.3 Å². The van der Waals surface area contributed by atoms with Gasteiger partial charge in [-0.3, -0.25) is 14.5 Å². The zero-order valence-electron chi connectivity index (χ0n) is 30.7. The van der Waals surface area contributed by atoms with Crippen LogP contribution in [0.5, 0.6) is 23.0 Å². The molecular weight excluding hydrogens is 672 g/mol. The molecule has 2 fully saturated rings. The number of nitrogens with zero attached hydrogens (tertiary/aromatic N) is 6. The fourth-order valence-corrected chi connectivity index (χ4v) is 5.81. The highest BCUT2D eigenvalue weighted by Gasteiger charge is 2.41. The SMILES string of the molecule is COc1c(OC2CCN(OC(C)(C)C)C(=C=O)C2)cccc1C(=[N+]=[N-])C(=O)C(=[N+]=[N-])c1cccc(OC2CCN(OC(C)(C)C)C(=C=O)C2)c1OC. The molecule has 2 aliphatic rings. The smallest absolute Gasteiger partial charge is 0.381 e. The predicted octanol–water partition coefficient (Wildman–Crippen LogP) is 4.59. The first-order valence-corrected chi connectivity index (χ1v) is 16.7. The maximum atomic E-state index is 14.0. The summed E-state index contributed by atoms with van der Waals surface area (Å²) in [5, 5.41) is 3.04. The Morgan fingerprint density at radius 3 is 1.40 bits per heavy atom. The fraction of sp³-hybridized carbons (Fsp3) is 0.486. The average Bonchev–Trinajstić information content (AvgIpc) is 3.09. The van der Waals surface area contributed by atoms with Gasteiger partial charge in [-0.1, -0.05) is 12.1 Å². The summed E-state index contributed by atoms with van der Waals surface area (Å²) in [4.78, 5) is 55.9. The van der Waals surface area contributed by atoms with E-state index in [0.717, 1.165) is 0 Å². The van der Waals surface area contributed by atoms with Crippen LogP contribution in [0, 0.1) is 0 Å². The van der Waals surface area contributed by atoms with Crippen LogP contribution in [-0.2, 0) is 24.1 Å². The molecule has 15 heteroatoms. The lowest BCUT2D eigenvalue weighted by Crippen LogP contribution is -2.41. The molecule has 2 heterocycles. The molecule has 0 bridgehead atoms. The van der Waals surface area contributed by atoms with Gasteiger partial charge in [0.1, 0.15) is 46.6 Å². The van der Waals surface area contributed by atoms with Gasteiger partial charge < -0.3 is 30.0 Å². The lowest BCUT2D eigenvalue weighted by molar-refractivity contribution is -0.217. The molecule has 2 aliphatic heterocycles. The van der Waals surface area contributed by atoms with E-state index >= 15 is 0 Å². The van der Waals surface area contributed by atoms with Gasteiger partial charge in [0, 0.05) is 38.8 Å². The first kappa shape index (κ1) is 39.3. The summed E-state index contributed by atoms with van der Waals surface area (Å²) < 4.78 is 23.7. The van der Waals surface area contributed by atoms with Gasteiger partial charge in [0.05, 0.1) is 25.4 Å². The summed E-state index contributed by atoms with van der Waals surface area (Å²) >= 11 is 0. The standard InChI is InChI=1S/C37H44N6O9/c1-36(2,3)51-42-17-15-25(19-23(42)21-44)49-29-13-9-11-27(34(29)47-7)31(40-38)33(46)32(41-39)28-12-10-14-30(35(28)48-8)50-26-16-18-43(24(20-26)22-45)52-37(4,5)6/h9-14,25-26H,15-20H2,1-8H3. The number of hydrogen-bond acceptors (Lipinski definition) is 11. The highest BCUT2D eigenvalue weighted by atomic mass is 16.7. The second-order valence-electron chi connectivity index (χ2n) is 14.1. The van der Waals surface area contributed by atoms with E-state index in [-0.39, 0.29) is 47.0 Å². The third-order valence-electron chi connectivity index (χ3n) is 7.85. The monoisotopic (exact) mass is 716 g/mol. The van der Waals surface area contributed by atoms with Crippen molar-refractivity contribution < 1.29 is 52.6 Å². The molecule has 4 rings (SSSR count). The lowest BCUT2D eigenvalue weighted by atomic mass is 9.97. The van der Waals surface area contributed by atoms with E-state index in [0.29, 0.717) is 37.3 Å². The number of rotatable bonds is 12. The van der Waals surface area contributed by atoms with Gasteiger partial charge in [-0.25, -0.2) is 19.7 Å². The number of para-hydroxylation sites is 2. The van der Waals surface area contributed by atoms with Crippen LogP contribution in [0.4, 0.5) is 0 Å². The van der Waals surface area contributed by atoms with Crippen molar-refractivity contribution in [3.8, 4) is 23.0 Å². The molecule has 0 aromatic heterocycles. The van der Waals surface area contributed by atoms with Crippen LogP contribution < -0.4 is 18.9 Å². The van der Waals surface area contributed by atoms with Crippen molar-refractivity contribution in [2.45, 2.75) is 90.6 Å². The quantitative estimate of drug-likeness (QED) is 0.129. The van der Waals surface area contributed by atoms with Gasteiger partial charge in [0.15, 0.2) is 23.0 Å². The summed E-state index contributed by atoms with van der Waals surface area (Å²) in [5.41, 5.74) is 18.9. The van der Waals surface area contributed by atoms with E-state index in [1.807, 2.05) is 53.4 Å². The van der Waals surface area contributed by atoms with Crippen LogP contribution in [0.1, 0.15) is 78.4 Å². The van der Waals surface area contributed by atoms with Crippen LogP contribution in [0.25, 0.3) is 11.1 Å². The Morgan fingerprint density at radius 2 is 1.10 bits per heavy atom. The van der Waals surface area contributed by atoms with E-state index in [2.05, 4.69) is 9.58 Å². The Morgan fingerprint density at radius 1 is 0.712 bits per heavy atom. The van der Waals surface area contributed by atoms with Crippen LogP contribution in [0.2, 0.25) is 0 Å². The van der Waals surface area contributed by atoms with Crippen molar-refractivity contribution in [1.82, 2.24) is 10.1 Å². The molecule has 52 heavy (non-hydrogen) atoms. The van der Waals surface area contributed by atoms with Gasteiger partial charge >= 0.3 is 17.2 Å². The Hall–Kier alpha value is -5.51. The summed E-state index contributed by atoms with van der Waals surface area (Å²) in [6.07, 6.45) is 0.438. The minimum Gasteiger partial charge on any atom is -0.492 e. The third kappa shape index (κ3) is 9.42. The zero-order valence-corrected chi connectivity index (χ0v) is 30.7. The van der Waals surface area contributed by atoms with Gasteiger partial charge in [0.25, 0.3) is 0 Å². The Balaban J connectivity index is 1.58. The van der Waals surface area contributed by atoms with Gasteiger partial charge in [-0.15, -0.1) is 0 Å². The number of carbonyl (C=O) groups is 1. The van der Waals surface area contributed by atoms with E-state index in [1.54, 1.807) is 24.3 Å². The molecule has 0 aliphatic carbocycles. The van der Waals surface area contributed by atoms with E-state index in [9.17, 15) is 25.4 Å².